The molecule has 0 saturated carbocycles. The third-order valence-electron chi connectivity index (χ3n) is 6.02. The summed E-state index contributed by atoms with van der Waals surface area (Å²) in [5.41, 5.74) is 4.62. The second-order valence-corrected chi connectivity index (χ2v) is 11.8. The number of ether oxygens (including phenoxy) is 2. The highest BCUT2D eigenvalue weighted by atomic mass is 31.3. The van der Waals surface area contributed by atoms with Crippen molar-refractivity contribution in [2.45, 2.75) is 62.0 Å². The number of nitrogens with two attached hydrogens (primary N) is 1. The summed E-state index contributed by atoms with van der Waals surface area (Å²) in [5.74, 6) is -0.260. The van der Waals surface area contributed by atoms with Gasteiger partial charge in [-0.15, -0.1) is 0 Å². The minimum absolute atomic E-state index is 0.0907. The number of aromatic amines is 1. The highest BCUT2D eigenvalue weighted by molar-refractivity contribution is 7.61. The molecule has 0 bridgehead atoms. The van der Waals surface area contributed by atoms with Crippen molar-refractivity contribution in [2.24, 2.45) is 0 Å². The number of phosphoric ester groups is 2. The molecule has 220 valence electrons. The molecule has 0 aromatic carbocycles. The van der Waals surface area contributed by atoms with E-state index in [1.165, 1.54) is 6.92 Å². The van der Waals surface area contributed by atoms with Crippen LogP contribution in [0.5, 0.6) is 0 Å². The topological polar surface area (TPSA) is 311 Å². The van der Waals surface area contributed by atoms with Crippen LogP contribution in [0.15, 0.2) is 11.1 Å². The first kappa shape index (κ1) is 30.1. The van der Waals surface area contributed by atoms with Gasteiger partial charge in [0.2, 0.25) is 5.95 Å². The molecule has 11 atom stereocenters. The van der Waals surface area contributed by atoms with E-state index in [-0.39, 0.29) is 17.1 Å². The average Bonchev–Trinajstić information content (AvgIpc) is 3.38. The van der Waals surface area contributed by atoms with E-state index in [4.69, 9.17) is 15.2 Å². The molecular formula is C17H27N5O15P2. The van der Waals surface area contributed by atoms with E-state index in [1.54, 1.807) is 0 Å². The van der Waals surface area contributed by atoms with Crippen molar-refractivity contribution in [1.29, 1.82) is 0 Å². The number of hydrogen-bond donors (Lipinski definition) is 9. The molecule has 2 unspecified atom stereocenters. The van der Waals surface area contributed by atoms with Crippen LogP contribution in [-0.2, 0) is 32.0 Å². The number of aliphatic hydroxyl groups excluding tert-OH is 5. The molecule has 10 N–H and O–H groups in total. The number of aliphatic hydroxyl groups is 5. The van der Waals surface area contributed by atoms with Crippen LogP contribution in [0.4, 0.5) is 5.95 Å². The van der Waals surface area contributed by atoms with E-state index in [0.29, 0.717) is 0 Å². The van der Waals surface area contributed by atoms with Gasteiger partial charge in [0.15, 0.2) is 17.4 Å². The summed E-state index contributed by atoms with van der Waals surface area (Å²) in [6.07, 6.45) is -12.3. The SMILES string of the molecule is C[C@@H]1O[C@H](COP(=O)(O)OP(=O)(O)OC[C@H]2O[C@@H](n3cnc4c(=O)[nH]c(N)nc43)[C@H](O)[C@@H]2O)[C@@H](O)[C@H](O)[C@@H]1O. The van der Waals surface area contributed by atoms with Crippen LogP contribution in [-0.4, -0.2) is 117 Å². The van der Waals surface area contributed by atoms with Gasteiger partial charge in [0.05, 0.1) is 25.6 Å². The molecule has 0 spiro atoms. The summed E-state index contributed by atoms with van der Waals surface area (Å²) in [4.78, 5) is 41.7. The van der Waals surface area contributed by atoms with Gasteiger partial charge in [0.25, 0.3) is 5.56 Å². The first-order chi connectivity index (χ1) is 18.1. The van der Waals surface area contributed by atoms with Crippen LogP contribution in [0.1, 0.15) is 13.2 Å². The minimum Gasteiger partial charge on any atom is -0.388 e. The Balaban J connectivity index is 1.35. The van der Waals surface area contributed by atoms with E-state index in [1.807, 2.05) is 0 Å². The van der Waals surface area contributed by atoms with Crippen LogP contribution in [0.2, 0.25) is 0 Å². The van der Waals surface area contributed by atoms with E-state index in [2.05, 4.69) is 28.3 Å². The molecule has 4 heterocycles. The quantitative estimate of drug-likeness (QED) is 0.125. The van der Waals surface area contributed by atoms with Crippen molar-refractivity contribution in [3.05, 3.63) is 16.7 Å². The highest BCUT2D eigenvalue weighted by Crippen LogP contribution is 2.60. The lowest BCUT2D eigenvalue weighted by Gasteiger charge is -2.39. The zero-order valence-corrected chi connectivity index (χ0v) is 21.7. The van der Waals surface area contributed by atoms with Crippen molar-refractivity contribution in [2.75, 3.05) is 18.9 Å². The first-order valence-corrected chi connectivity index (χ1v) is 14.2. The van der Waals surface area contributed by atoms with Crippen LogP contribution in [0, 0.1) is 0 Å². The number of imidazole rings is 1. The summed E-state index contributed by atoms with van der Waals surface area (Å²) in [6.45, 7) is -0.460. The van der Waals surface area contributed by atoms with Crippen LogP contribution < -0.4 is 11.3 Å². The number of nitrogen functional groups attached to an aromatic ring is 1. The van der Waals surface area contributed by atoms with Gasteiger partial charge in [-0.2, -0.15) is 9.29 Å². The molecule has 2 fully saturated rings. The average molecular weight is 603 g/mol. The van der Waals surface area contributed by atoms with Gasteiger partial charge in [-0.05, 0) is 6.92 Å². The minimum atomic E-state index is -5.36. The number of hydrogen-bond acceptors (Lipinski definition) is 16. The largest absolute Gasteiger partial charge is 0.481 e. The Morgan fingerprint density at radius 1 is 0.974 bits per heavy atom. The predicted octanol–water partition coefficient (Wildman–Crippen LogP) is -3.56. The van der Waals surface area contributed by atoms with Crippen molar-refractivity contribution in [3.63, 3.8) is 0 Å². The van der Waals surface area contributed by atoms with Crippen molar-refractivity contribution < 1.29 is 67.3 Å². The maximum atomic E-state index is 12.3. The molecule has 2 aromatic heterocycles. The number of nitrogens with one attached hydrogen (secondary N) is 1. The summed E-state index contributed by atoms with van der Waals surface area (Å²) < 4.78 is 49.6. The van der Waals surface area contributed by atoms with Gasteiger partial charge in [0.1, 0.15) is 42.7 Å². The van der Waals surface area contributed by atoms with Gasteiger partial charge < -0.3 is 50.5 Å². The van der Waals surface area contributed by atoms with Gasteiger partial charge in [-0.1, -0.05) is 0 Å². The lowest BCUT2D eigenvalue weighted by Crippen LogP contribution is -2.57. The highest BCUT2D eigenvalue weighted by Gasteiger charge is 2.47. The van der Waals surface area contributed by atoms with E-state index < -0.39 is 89.5 Å². The zero-order valence-electron chi connectivity index (χ0n) is 19.9. The third kappa shape index (κ3) is 6.39. The standard InChI is InChI=1S/C17H27N5O15P2/c1-5-9(23)12(26)10(24)6(35-5)2-33-38(29,30)37-39(31,32)34-3-7-11(25)13(27)16(36-7)22-4-19-8-14(22)20-17(18)21-15(8)28/h4-7,9-13,16,23-27H,2-3H2,1H3,(H,29,30)(H,31,32)(H3,18,20,21,28)/t5-,6+,7+,9+,10+,11+,12+,13+,16+/m0/s1. The number of anilines is 1. The normalized spacial score (nSPS) is 36.6. The maximum absolute atomic E-state index is 12.3. The summed E-state index contributed by atoms with van der Waals surface area (Å²) >= 11 is 0. The van der Waals surface area contributed by atoms with Crippen molar-refractivity contribution >= 4 is 32.8 Å². The Hall–Kier alpha value is -1.87. The zero-order chi connectivity index (χ0) is 28.9. The van der Waals surface area contributed by atoms with Crippen molar-refractivity contribution in [3.8, 4) is 0 Å². The fourth-order valence-electron chi connectivity index (χ4n) is 4.01. The van der Waals surface area contributed by atoms with E-state index in [9.17, 15) is 49.2 Å². The second-order valence-electron chi connectivity index (χ2n) is 8.78. The molecular weight excluding hydrogens is 576 g/mol. The predicted molar refractivity (Wildman–Crippen MR) is 123 cm³/mol. The number of H-pyrrole nitrogens is 1. The Kier molecular flexibility index (Phi) is 8.63. The van der Waals surface area contributed by atoms with Crippen LogP contribution >= 0.6 is 15.6 Å². The Morgan fingerprint density at radius 2 is 1.54 bits per heavy atom. The molecule has 0 radical (unpaired) electrons. The van der Waals surface area contributed by atoms with Crippen LogP contribution in [0.3, 0.4) is 0 Å². The van der Waals surface area contributed by atoms with Gasteiger partial charge in [-0.3, -0.25) is 23.4 Å². The fourth-order valence-corrected chi connectivity index (χ4v) is 6.10. The summed E-state index contributed by atoms with van der Waals surface area (Å²) in [5, 5.41) is 50.2. The lowest BCUT2D eigenvalue weighted by molar-refractivity contribution is -0.223. The molecule has 2 aromatic rings. The third-order valence-corrected chi connectivity index (χ3v) is 8.63. The number of rotatable bonds is 9. The molecule has 22 heteroatoms. The monoisotopic (exact) mass is 603 g/mol. The molecule has 2 aliphatic heterocycles. The van der Waals surface area contributed by atoms with Gasteiger partial charge >= 0.3 is 15.6 Å². The molecule has 4 rings (SSSR count). The summed E-state index contributed by atoms with van der Waals surface area (Å²) in [6, 6.07) is 0. The number of fused-ring (bicyclic) bond motifs is 1. The fraction of sp³-hybridized carbons (Fsp3) is 0.706. The smallest absolute Gasteiger partial charge is 0.388 e. The van der Waals surface area contributed by atoms with E-state index in [0.717, 1.165) is 10.9 Å². The second kappa shape index (κ2) is 11.2. The van der Waals surface area contributed by atoms with Gasteiger partial charge in [-0.25, -0.2) is 14.1 Å². The first-order valence-electron chi connectivity index (χ1n) is 11.2. The van der Waals surface area contributed by atoms with Crippen molar-refractivity contribution in [1.82, 2.24) is 19.5 Å². The molecule has 20 nitrogen and oxygen atoms in total. The molecule has 39 heavy (non-hydrogen) atoms. The molecule has 2 aliphatic rings. The number of nitrogens with zero attached hydrogens (tertiary/aromatic N) is 3. The summed E-state index contributed by atoms with van der Waals surface area (Å²) in [7, 11) is -10.7. The number of phosphoric acid groups is 2. The van der Waals surface area contributed by atoms with Crippen LogP contribution in [0.25, 0.3) is 11.2 Å². The Morgan fingerprint density at radius 3 is 2.15 bits per heavy atom. The van der Waals surface area contributed by atoms with E-state index >= 15 is 0 Å². The maximum Gasteiger partial charge on any atom is 0.481 e. The molecule has 0 aliphatic carbocycles. The Labute approximate surface area is 217 Å². The number of aromatic nitrogens is 4. The molecule has 2 saturated heterocycles. The Bertz CT molecular complexity index is 1340. The molecule has 0 amide bonds. The lowest BCUT2D eigenvalue weighted by atomic mass is 9.96. The van der Waals surface area contributed by atoms with Gasteiger partial charge in [0, 0.05) is 0 Å².